The van der Waals surface area contributed by atoms with E-state index >= 15 is 0 Å². The average molecular weight is 280 g/mol. The molecule has 0 aliphatic heterocycles. The molecular weight excluding hydrogens is 264 g/mol. The summed E-state index contributed by atoms with van der Waals surface area (Å²) in [6.07, 6.45) is -1.74. The van der Waals surface area contributed by atoms with Crippen molar-refractivity contribution in [3.05, 3.63) is 34.9 Å². The molecule has 0 spiro atoms. The van der Waals surface area contributed by atoms with E-state index in [0.717, 1.165) is 0 Å². The number of carboxylic acids is 1. The standard InChI is InChI=1S/C14H16O6/c1-3-10(15)8-6-5-7-9(12(16)13(17)18)11(8)14(19)20-4-2/h5-7,12,16H,3-4H2,1-2H3,(H,17,18). The molecule has 1 aromatic carbocycles. The fourth-order valence-corrected chi connectivity index (χ4v) is 1.78. The van der Waals surface area contributed by atoms with Crippen LogP contribution in [0, 0.1) is 0 Å². The lowest BCUT2D eigenvalue weighted by molar-refractivity contribution is -0.146. The summed E-state index contributed by atoms with van der Waals surface area (Å²) < 4.78 is 4.84. The summed E-state index contributed by atoms with van der Waals surface area (Å²) >= 11 is 0. The first-order valence-corrected chi connectivity index (χ1v) is 6.18. The van der Waals surface area contributed by atoms with Crippen molar-refractivity contribution in [2.45, 2.75) is 26.4 Å². The van der Waals surface area contributed by atoms with Crippen molar-refractivity contribution >= 4 is 17.7 Å². The molecule has 6 heteroatoms. The van der Waals surface area contributed by atoms with Crippen LogP contribution in [0.15, 0.2) is 18.2 Å². The van der Waals surface area contributed by atoms with E-state index in [0.29, 0.717) is 0 Å². The Kier molecular flexibility index (Phi) is 5.40. The van der Waals surface area contributed by atoms with Crippen molar-refractivity contribution in [3.63, 3.8) is 0 Å². The summed E-state index contributed by atoms with van der Waals surface area (Å²) in [6, 6.07) is 4.13. The molecule has 1 unspecified atom stereocenters. The molecule has 1 aromatic rings. The molecule has 0 radical (unpaired) electrons. The number of benzene rings is 1. The summed E-state index contributed by atoms with van der Waals surface area (Å²) in [5, 5.41) is 18.5. The van der Waals surface area contributed by atoms with Crippen LogP contribution in [0.25, 0.3) is 0 Å². The minimum absolute atomic E-state index is 0.0590. The molecule has 0 saturated heterocycles. The van der Waals surface area contributed by atoms with Crippen LogP contribution in [-0.4, -0.2) is 34.5 Å². The van der Waals surface area contributed by atoms with Gasteiger partial charge in [-0.3, -0.25) is 4.79 Å². The largest absolute Gasteiger partial charge is 0.479 e. The number of carbonyl (C=O) groups is 3. The Morgan fingerprint density at radius 3 is 2.40 bits per heavy atom. The number of carboxylic acid groups (broad SMARTS) is 1. The Bertz CT molecular complexity index is 534. The van der Waals surface area contributed by atoms with Crippen molar-refractivity contribution in [2.75, 3.05) is 6.61 Å². The first-order valence-electron chi connectivity index (χ1n) is 6.18. The number of ether oxygens (including phenoxy) is 1. The van der Waals surface area contributed by atoms with E-state index < -0.39 is 18.0 Å². The normalized spacial score (nSPS) is 11.8. The third-order valence-electron chi connectivity index (χ3n) is 2.73. The molecule has 0 aromatic heterocycles. The number of aliphatic hydroxyl groups excluding tert-OH is 1. The van der Waals surface area contributed by atoms with Crippen molar-refractivity contribution in [2.24, 2.45) is 0 Å². The highest BCUT2D eigenvalue weighted by molar-refractivity contribution is 6.07. The van der Waals surface area contributed by atoms with Crippen LogP contribution in [0.3, 0.4) is 0 Å². The van der Waals surface area contributed by atoms with E-state index in [-0.39, 0.29) is 35.5 Å². The van der Waals surface area contributed by atoms with Gasteiger partial charge in [0.05, 0.1) is 12.2 Å². The predicted octanol–water partition coefficient (Wildman–Crippen LogP) is 1.57. The van der Waals surface area contributed by atoms with E-state index in [1.807, 2.05) is 0 Å². The number of hydrogen-bond acceptors (Lipinski definition) is 5. The van der Waals surface area contributed by atoms with Crippen LogP contribution in [-0.2, 0) is 9.53 Å². The zero-order chi connectivity index (χ0) is 15.3. The first-order chi connectivity index (χ1) is 9.43. The van der Waals surface area contributed by atoms with Gasteiger partial charge in [-0.1, -0.05) is 25.1 Å². The Balaban J connectivity index is 3.47. The highest BCUT2D eigenvalue weighted by atomic mass is 16.5. The second-order valence-corrected chi connectivity index (χ2v) is 4.01. The minimum Gasteiger partial charge on any atom is -0.479 e. The lowest BCUT2D eigenvalue weighted by Crippen LogP contribution is -2.19. The highest BCUT2D eigenvalue weighted by Gasteiger charge is 2.27. The van der Waals surface area contributed by atoms with Crippen LogP contribution >= 0.6 is 0 Å². The molecule has 2 N–H and O–H groups in total. The maximum absolute atomic E-state index is 12.0. The Morgan fingerprint density at radius 1 is 1.25 bits per heavy atom. The minimum atomic E-state index is -1.89. The maximum atomic E-state index is 12.0. The summed E-state index contributed by atoms with van der Waals surface area (Å²) in [5.41, 5.74) is -0.268. The van der Waals surface area contributed by atoms with Crippen molar-refractivity contribution in [1.29, 1.82) is 0 Å². The van der Waals surface area contributed by atoms with Gasteiger partial charge in [0.1, 0.15) is 0 Å². The van der Waals surface area contributed by atoms with Gasteiger partial charge in [0.2, 0.25) is 0 Å². The predicted molar refractivity (Wildman–Crippen MR) is 69.6 cm³/mol. The van der Waals surface area contributed by atoms with E-state index in [4.69, 9.17) is 9.84 Å². The zero-order valence-corrected chi connectivity index (χ0v) is 11.3. The van der Waals surface area contributed by atoms with Crippen molar-refractivity contribution in [1.82, 2.24) is 0 Å². The topological polar surface area (TPSA) is 101 Å². The molecule has 0 fully saturated rings. The van der Waals surface area contributed by atoms with Gasteiger partial charge in [-0.25, -0.2) is 9.59 Å². The molecule has 0 saturated carbocycles. The third-order valence-corrected chi connectivity index (χ3v) is 2.73. The van der Waals surface area contributed by atoms with Gasteiger partial charge >= 0.3 is 11.9 Å². The third kappa shape index (κ3) is 3.21. The molecule has 0 amide bonds. The number of hydrogen-bond donors (Lipinski definition) is 2. The summed E-state index contributed by atoms with van der Waals surface area (Å²) in [5.74, 6) is -2.65. The number of esters is 1. The monoisotopic (exact) mass is 280 g/mol. The lowest BCUT2D eigenvalue weighted by Gasteiger charge is -2.14. The molecule has 1 atom stereocenters. The van der Waals surface area contributed by atoms with Crippen LogP contribution in [0.5, 0.6) is 0 Å². The van der Waals surface area contributed by atoms with E-state index in [9.17, 15) is 19.5 Å². The smallest absolute Gasteiger partial charge is 0.339 e. The molecule has 0 heterocycles. The van der Waals surface area contributed by atoms with E-state index in [1.54, 1.807) is 13.8 Å². The van der Waals surface area contributed by atoms with Crippen LogP contribution in [0.1, 0.15) is 52.7 Å². The lowest BCUT2D eigenvalue weighted by atomic mass is 9.94. The average Bonchev–Trinajstić information content (AvgIpc) is 2.44. The Morgan fingerprint density at radius 2 is 1.90 bits per heavy atom. The summed E-state index contributed by atoms with van der Waals surface area (Å²) in [7, 11) is 0. The van der Waals surface area contributed by atoms with Crippen molar-refractivity contribution in [3.8, 4) is 0 Å². The van der Waals surface area contributed by atoms with Gasteiger partial charge in [-0.2, -0.15) is 0 Å². The van der Waals surface area contributed by atoms with Crippen LogP contribution < -0.4 is 0 Å². The molecule has 0 aliphatic rings. The van der Waals surface area contributed by atoms with Gasteiger partial charge in [0.15, 0.2) is 11.9 Å². The quantitative estimate of drug-likeness (QED) is 0.606. The summed E-state index contributed by atoms with van der Waals surface area (Å²) in [4.78, 5) is 34.7. The summed E-state index contributed by atoms with van der Waals surface area (Å²) in [6.45, 7) is 3.29. The van der Waals surface area contributed by atoms with Gasteiger partial charge in [0, 0.05) is 17.5 Å². The second kappa shape index (κ2) is 6.81. The number of aliphatic hydroxyl groups is 1. The van der Waals surface area contributed by atoms with E-state index in [2.05, 4.69) is 0 Å². The van der Waals surface area contributed by atoms with Gasteiger partial charge in [-0.05, 0) is 6.92 Å². The fraction of sp³-hybridized carbons (Fsp3) is 0.357. The SMILES string of the molecule is CCOC(=O)c1c(C(=O)CC)cccc1C(O)C(=O)O. The molecule has 0 bridgehead atoms. The molecular formula is C14H16O6. The fourth-order valence-electron chi connectivity index (χ4n) is 1.78. The molecule has 20 heavy (non-hydrogen) atoms. The van der Waals surface area contributed by atoms with Crippen molar-refractivity contribution < 1.29 is 29.3 Å². The highest BCUT2D eigenvalue weighted by Crippen LogP contribution is 2.24. The Hall–Kier alpha value is -2.21. The number of aliphatic carboxylic acids is 1. The molecule has 6 nitrogen and oxygen atoms in total. The maximum Gasteiger partial charge on any atom is 0.339 e. The van der Waals surface area contributed by atoms with Gasteiger partial charge in [-0.15, -0.1) is 0 Å². The first kappa shape index (κ1) is 15.8. The van der Waals surface area contributed by atoms with E-state index in [1.165, 1.54) is 18.2 Å². The number of carbonyl (C=O) groups excluding carboxylic acids is 2. The number of Topliss-reactive ketones (excluding diaryl/α,β-unsaturated/α-hetero) is 1. The number of rotatable bonds is 6. The molecule has 108 valence electrons. The zero-order valence-electron chi connectivity index (χ0n) is 11.3. The van der Waals surface area contributed by atoms with Gasteiger partial charge in [0.25, 0.3) is 0 Å². The van der Waals surface area contributed by atoms with Crippen LogP contribution in [0.4, 0.5) is 0 Å². The van der Waals surface area contributed by atoms with Crippen LogP contribution in [0.2, 0.25) is 0 Å². The number of ketones is 1. The second-order valence-electron chi connectivity index (χ2n) is 4.01. The molecule has 0 aliphatic carbocycles. The van der Waals surface area contributed by atoms with Gasteiger partial charge < -0.3 is 14.9 Å². The Labute approximate surface area is 116 Å². The molecule has 1 rings (SSSR count).